The molecule has 13 heteroatoms. The molecular formula is C28H27Cl2FN8OS. The molecule has 5 aromatic rings. The number of alkyl halides is 1. The Hall–Kier alpha value is -3.51. The van der Waals surface area contributed by atoms with Crippen molar-refractivity contribution < 1.29 is 9.18 Å². The number of halogens is 3. The van der Waals surface area contributed by atoms with Gasteiger partial charge in [0.25, 0.3) is 5.91 Å². The number of likely N-dealkylation sites (N-methyl/N-ethyl adjacent to an activating group) is 2. The van der Waals surface area contributed by atoms with Crippen molar-refractivity contribution in [2.45, 2.75) is 25.2 Å². The first-order valence-corrected chi connectivity index (χ1v) is 14.7. The van der Waals surface area contributed by atoms with Crippen molar-refractivity contribution in [2.24, 2.45) is 0 Å². The number of hydrogen-bond acceptors (Lipinski definition) is 7. The van der Waals surface area contributed by atoms with Gasteiger partial charge in [0.1, 0.15) is 11.7 Å². The van der Waals surface area contributed by atoms with Crippen LogP contribution in [0.5, 0.6) is 0 Å². The summed E-state index contributed by atoms with van der Waals surface area (Å²) >= 11 is 15.0. The third-order valence-electron chi connectivity index (χ3n) is 7.24. The highest BCUT2D eigenvalue weighted by Crippen LogP contribution is 2.40. The van der Waals surface area contributed by atoms with Crippen LogP contribution >= 0.6 is 34.5 Å². The first-order chi connectivity index (χ1) is 19.8. The van der Waals surface area contributed by atoms with Crippen LogP contribution in [-0.4, -0.2) is 63.6 Å². The molecule has 41 heavy (non-hydrogen) atoms. The first-order valence-electron chi connectivity index (χ1n) is 13.1. The molecule has 2 atom stereocenters. The fourth-order valence-corrected chi connectivity index (χ4v) is 6.20. The fourth-order valence-electron chi connectivity index (χ4n) is 5.12. The summed E-state index contributed by atoms with van der Waals surface area (Å²) in [4.78, 5) is 24.5. The van der Waals surface area contributed by atoms with Gasteiger partial charge in [-0.25, -0.2) is 14.4 Å². The number of carbonyl (C=O) groups excluding carboxylic acids is 1. The van der Waals surface area contributed by atoms with Crippen molar-refractivity contribution in [1.82, 2.24) is 29.6 Å². The minimum Gasteiger partial charge on any atom is -0.373 e. The molecule has 1 aliphatic rings. The number of rotatable bonds is 9. The topological polar surface area (TPSA) is 92.9 Å². The lowest BCUT2D eigenvalue weighted by Gasteiger charge is -2.19. The zero-order valence-corrected chi connectivity index (χ0v) is 24.6. The lowest BCUT2D eigenvalue weighted by atomic mass is 10.0. The second-order valence-corrected chi connectivity index (χ2v) is 11.6. The maximum absolute atomic E-state index is 14.3. The van der Waals surface area contributed by atoms with Crippen molar-refractivity contribution in [2.75, 3.05) is 37.4 Å². The van der Waals surface area contributed by atoms with Crippen LogP contribution in [0.25, 0.3) is 22.0 Å². The van der Waals surface area contributed by atoms with E-state index in [0.717, 1.165) is 29.9 Å². The Bertz CT molecular complexity index is 1700. The Morgan fingerprint density at radius 2 is 2.07 bits per heavy atom. The van der Waals surface area contributed by atoms with Gasteiger partial charge in [0, 0.05) is 66.7 Å². The van der Waals surface area contributed by atoms with E-state index >= 15 is 0 Å². The number of aromatic nitrogens is 5. The van der Waals surface area contributed by atoms with Crippen molar-refractivity contribution >= 4 is 62.2 Å². The summed E-state index contributed by atoms with van der Waals surface area (Å²) in [5.41, 5.74) is 4.24. The molecule has 0 spiro atoms. The van der Waals surface area contributed by atoms with Crippen LogP contribution in [0.4, 0.5) is 15.2 Å². The van der Waals surface area contributed by atoms with Gasteiger partial charge in [-0.2, -0.15) is 5.10 Å². The predicted molar refractivity (Wildman–Crippen MR) is 162 cm³/mol. The summed E-state index contributed by atoms with van der Waals surface area (Å²) in [5, 5.41) is 14.4. The normalized spacial score (nSPS) is 15.3. The molecular weight excluding hydrogens is 586 g/mol. The van der Waals surface area contributed by atoms with Gasteiger partial charge in [-0.05, 0) is 30.8 Å². The molecule has 2 aromatic carbocycles. The number of imidazole rings is 1. The van der Waals surface area contributed by atoms with E-state index in [4.69, 9.17) is 28.3 Å². The summed E-state index contributed by atoms with van der Waals surface area (Å²) < 4.78 is 17.5. The molecule has 0 bridgehead atoms. The molecule has 0 aliphatic carbocycles. The van der Waals surface area contributed by atoms with E-state index in [0.29, 0.717) is 37.5 Å². The van der Waals surface area contributed by atoms with E-state index in [2.05, 4.69) is 25.5 Å². The smallest absolute Gasteiger partial charge is 0.257 e. The van der Waals surface area contributed by atoms with E-state index in [-0.39, 0.29) is 13.0 Å². The minimum atomic E-state index is -1.04. The van der Waals surface area contributed by atoms with Gasteiger partial charge in [-0.15, -0.1) is 11.3 Å². The standard InChI is InChI=1S/C28H27Cl2FN8OS/c1-32-7-9-37(2)18-5-3-16(4-6-18)19-12-21(29)20-14-39(36-24(20)23(19)30)26(27(40)35-28-33-8-10-41-28)25-22-11-17(31)13-38(22)15-34-25/h3-6,8,10,12,14-15,17,26,32H,7,9,11,13H2,1-2H3,(H,33,35,40)/t17-,26?/m1/s1. The van der Waals surface area contributed by atoms with Crippen LogP contribution in [0.3, 0.4) is 0 Å². The van der Waals surface area contributed by atoms with Gasteiger partial charge in [-0.1, -0.05) is 35.3 Å². The number of hydrogen-bond donors (Lipinski definition) is 2. The molecule has 6 rings (SSSR count). The quantitative estimate of drug-likeness (QED) is 0.230. The Balaban J connectivity index is 1.40. The first kappa shape index (κ1) is 27.6. The number of amides is 1. The van der Waals surface area contributed by atoms with E-state index in [9.17, 15) is 9.18 Å². The molecule has 3 aromatic heterocycles. The zero-order chi connectivity index (χ0) is 28.7. The summed E-state index contributed by atoms with van der Waals surface area (Å²) in [6.07, 6.45) is 3.99. The van der Waals surface area contributed by atoms with Crippen LogP contribution in [0.15, 0.2) is 54.4 Å². The highest BCUT2D eigenvalue weighted by molar-refractivity contribution is 7.13. The molecule has 1 aliphatic heterocycles. The van der Waals surface area contributed by atoms with Gasteiger partial charge in [0.15, 0.2) is 11.2 Å². The van der Waals surface area contributed by atoms with Crippen molar-refractivity contribution in [3.8, 4) is 11.1 Å². The third kappa shape index (κ3) is 5.30. The van der Waals surface area contributed by atoms with Gasteiger partial charge in [0.05, 0.1) is 28.6 Å². The lowest BCUT2D eigenvalue weighted by molar-refractivity contribution is -0.118. The van der Waals surface area contributed by atoms with E-state index in [1.807, 2.05) is 44.4 Å². The van der Waals surface area contributed by atoms with Gasteiger partial charge in [0.2, 0.25) is 0 Å². The number of anilines is 2. The zero-order valence-electron chi connectivity index (χ0n) is 22.3. The second kappa shape index (κ2) is 11.4. The van der Waals surface area contributed by atoms with Gasteiger partial charge >= 0.3 is 0 Å². The summed E-state index contributed by atoms with van der Waals surface area (Å²) in [7, 11) is 3.97. The molecule has 1 amide bonds. The Kier molecular flexibility index (Phi) is 7.69. The molecule has 0 radical (unpaired) electrons. The molecule has 0 fully saturated rings. The van der Waals surface area contributed by atoms with Crippen molar-refractivity contribution in [3.63, 3.8) is 0 Å². The highest BCUT2D eigenvalue weighted by Gasteiger charge is 2.34. The lowest BCUT2D eigenvalue weighted by Crippen LogP contribution is -2.28. The molecule has 0 saturated carbocycles. The number of fused-ring (bicyclic) bond motifs is 2. The Morgan fingerprint density at radius 3 is 2.80 bits per heavy atom. The average Bonchev–Trinajstić information content (AvgIpc) is 3.76. The van der Waals surface area contributed by atoms with Crippen molar-refractivity contribution in [1.29, 1.82) is 0 Å². The summed E-state index contributed by atoms with van der Waals surface area (Å²) in [5.74, 6) is -0.401. The molecule has 4 heterocycles. The van der Waals surface area contributed by atoms with Gasteiger partial charge in [-0.3, -0.25) is 14.8 Å². The maximum atomic E-state index is 14.3. The van der Waals surface area contributed by atoms with Crippen molar-refractivity contribution in [3.05, 3.63) is 75.9 Å². The third-order valence-corrected chi connectivity index (χ3v) is 8.63. The van der Waals surface area contributed by atoms with Crippen LogP contribution < -0.4 is 15.5 Å². The number of benzene rings is 2. The minimum absolute atomic E-state index is 0.170. The number of thiazole rings is 1. The molecule has 0 saturated heterocycles. The number of nitrogens with one attached hydrogen (secondary N) is 2. The molecule has 9 nitrogen and oxygen atoms in total. The average molecular weight is 614 g/mol. The Morgan fingerprint density at radius 1 is 1.27 bits per heavy atom. The number of carbonyl (C=O) groups is 1. The number of nitrogens with zero attached hydrogens (tertiary/aromatic N) is 6. The fraction of sp³-hybridized carbons (Fsp3) is 0.286. The monoisotopic (exact) mass is 612 g/mol. The predicted octanol–water partition coefficient (Wildman–Crippen LogP) is 5.44. The highest BCUT2D eigenvalue weighted by atomic mass is 35.5. The molecule has 212 valence electrons. The largest absolute Gasteiger partial charge is 0.373 e. The summed E-state index contributed by atoms with van der Waals surface area (Å²) in [6, 6.07) is 8.89. The van der Waals surface area contributed by atoms with Crippen LogP contribution in [0.1, 0.15) is 17.4 Å². The van der Waals surface area contributed by atoms with Gasteiger partial charge < -0.3 is 14.8 Å². The SMILES string of the molecule is CNCCN(C)c1ccc(-c2cc(Cl)c3cn(C(C(=O)Nc4nccs4)c4ncn5c4C[C@@H](F)C5)nc3c2Cl)cc1. The Labute approximate surface area is 249 Å². The van der Waals surface area contributed by atoms with Crippen LogP contribution in [0, 0.1) is 0 Å². The molecule has 2 N–H and O–H groups in total. The van der Waals surface area contributed by atoms with Crippen LogP contribution in [-0.2, 0) is 17.8 Å². The van der Waals surface area contributed by atoms with E-state index in [1.165, 1.54) is 16.0 Å². The second-order valence-electron chi connectivity index (χ2n) is 9.92. The van der Waals surface area contributed by atoms with E-state index < -0.39 is 18.1 Å². The molecule has 1 unspecified atom stereocenters. The van der Waals surface area contributed by atoms with Crippen LogP contribution in [0.2, 0.25) is 10.0 Å². The summed E-state index contributed by atoms with van der Waals surface area (Å²) in [6.45, 7) is 1.95. The van der Waals surface area contributed by atoms with E-state index in [1.54, 1.807) is 28.7 Å². The maximum Gasteiger partial charge on any atom is 0.257 e.